The molecule has 3 N–H and O–H groups in total. The second-order valence-corrected chi connectivity index (χ2v) is 5.96. The number of β-amino-alcohol motifs (C(OH)–C–C–N with tert-alkyl or cyclic N) is 1. The maximum Gasteiger partial charge on any atom is 0.157 e. The molecule has 1 aliphatic rings. The van der Waals surface area contributed by atoms with Gasteiger partial charge in [0.2, 0.25) is 0 Å². The van der Waals surface area contributed by atoms with E-state index in [9.17, 15) is 0 Å². The molecule has 0 saturated carbocycles. The van der Waals surface area contributed by atoms with Crippen LogP contribution in [0.15, 0.2) is 6.33 Å². The summed E-state index contributed by atoms with van der Waals surface area (Å²) >= 11 is 0. The Morgan fingerprint density at radius 2 is 1.76 bits per heavy atom. The number of ether oxygens (including phenoxy) is 2. The molecule has 1 fully saturated rings. The lowest BCUT2D eigenvalue weighted by Gasteiger charge is -2.36. The summed E-state index contributed by atoms with van der Waals surface area (Å²) in [6, 6.07) is 0. The van der Waals surface area contributed by atoms with Gasteiger partial charge < -0.3 is 30.1 Å². The third-order valence-corrected chi connectivity index (χ3v) is 4.36. The van der Waals surface area contributed by atoms with Crippen molar-refractivity contribution < 1.29 is 14.6 Å². The molecule has 25 heavy (non-hydrogen) atoms. The number of aromatic nitrogens is 2. The summed E-state index contributed by atoms with van der Waals surface area (Å²) in [6.45, 7) is 6.87. The Labute approximate surface area is 149 Å². The number of aliphatic hydroxyl groups is 1. The van der Waals surface area contributed by atoms with Gasteiger partial charge in [0.05, 0.1) is 19.8 Å². The fourth-order valence-corrected chi connectivity index (χ4v) is 2.93. The van der Waals surface area contributed by atoms with E-state index in [2.05, 4.69) is 24.7 Å². The molecule has 2 heterocycles. The third-order valence-electron chi connectivity index (χ3n) is 4.36. The summed E-state index contributed by atoms with van der Waals surface area (Å²) < 4.78 is 10.4. The number of piperazine rings is 1. The zero-order valence-electron chi connectivity index (χ0n) is 15.2. The molecule has 0 atom stereocenters. The molecule has 0 spiro atoms. The van der Waals surface area contributed by atoms with Crippen molar-refractivity contribution in [3.8, 4) is 0 Å². The van der Waals surface area contributed by atoms with Gasteiger partial charge in [-0.3, -0.25) is 4.90 Å². The van der Waals surface area contributed by atoms with Crippen molar-refractivity contribution in [1.29, 1.82) is 0 Å². The first-order chi connectivity index (χ1) is 12.2. The summed E-state index contributed by atoms with van der Waals surface area (Å²) in [7, 11) is 3.35. The predicted molar refractivity (Wildman–Crippen MR) is 98.1 cm³/mol. The van der Waals surface area contributed by atoms with Crippen LogP contribution >= 0.6 is 0 Å². The second kappa shape index (κ2) is 10.3. The van der Waals surface area contributed by atoms with Gasteiger partial charge in [-0.25, -0.2) is 9.97 Å². The number of aliphatic hydroxyl groups excluding tert-OH is 1. The Balaban J connectivity index is 2.11. The molecule has 2 rings (SSSR count). The fraction of sp³-hybridized carbons (Fsp3) is 0.750. The van der Waals surface area contributed by atoms with Crippen molar-refractivity contribution in [2.24, 2.45) is 0 Å². The summed E-state index contributed by atoms with van der Waals surface area (Å²) in [5.74, 6) is 1.49. The summed E-state index contributed by atoms with van der Waals surface area (Å²) in [6.07, 6.45) is 1.56. The van der Waals surface area contributed by atoms with Crippen LogP contribution in [0.4, 0.5) is 17.3 Å². The average Bonchev–Trinajstić information content (AvgIpc) is 2.64. The van der Waals surface area contributed by atoms with Gasteiger partial charge in [-0.05, 0) is 0 Å². The second-order valence-electron chi connectivity index (χ2n) is 5.96. The molecular formula is C16H30N6O3. The van der Waals surface area contributed by atoms with Crippen LogP contribution in [0.5, 0.6) is 0 Å². The van der Waals surface area contributed by atoms with Crippen LogP contribution in [-0.2, 0) is 9.47 Å². The smallest absolute Gasteiger partial charge is 0.157 e. The fourth-order valence-electron chi connectivity index (χ4n) is 2.93. The van der Waals surface area contributed by atoms with E-state index in [0.717, 1.165) is 37.8 Å². The van der Waals surface area contributed by atoms with E-state index in [1.807, 2.05) is 0 Å². The number of hydrogen-bond donors (Lipinski definition) is 2. The highest BCUT2D eigenvalue weighted by Gasteiger charge is 2.22. The maximum absolute atomic E-state index is 9.06. The third kappa shape index (κ3) is 5.40. The zero-order chi connectivity index (χ0) is 18.1. The van der Waals surface area contributed by atoms with Gasteiger partial charge >= 0.3 is 0 Å². The van der Waals surface area contributed by atoms with Gasteiger partial charge in [-0.2, -0.15) is 0 Å². The number of anilines is 3. The van der Waals surface area contributed by atoms with Crippen LogP contribution in [-0.4, -0.2) is 99.8 Å². The molecule has 9 nitrogen and oxygen atoms in total. The highest BCUT2D eigenvalue weighted by atomic mass is 16.5. The highest BCUT2D eigenvalue weighted by molar-refractivity contribution is 5.75. The number of rotatable bonds is 10. The molecule has 0 aliphatic carbocycles. The minimum Gasteiger partial charge on any atom is -0.395 e. The van der Waals surface area contributed by atoms with Gasteiger partial charge in [0, 0.05) is 60.0 Å². The number of nitrogens with two attached hydrogens (primary N) is 1. The molecule has 1 aromatic heterocycles. The quantitative estimate of drug-likeness (QED) is 0.563. The Bertz CT molecular complexity index is 503. The van der Waals surface area contributed by atoms with Gasteiger partial charge in [-0.15, -0.1) is 0 Å². The monoisotopic (exact) mass is 354 g/mol. The molecule has 1 aliphatic heterocycles. The zero-order valence-corrected chi connectivity index (χ0v) is 15.2. The van der Waals surface area contributed by atoms with Crippen molar-refractivity contribution in [2.45, 2.75) is 0 Å². The van der Waals surface area contributed by atoms with E-state index in [4.69, 9.17) is 20.3 Å². The van der Waals surface area contributed by atoms with Gasteiger partial charge in [-0.1, -0.05) is 0 Å². The first kappa shape index (κ1) is 19.6. The minimum absolute atomic E-state index is 0.188. The van der Waals surface area contributed by atoms with Crippen molar-refractivity contribution >= 4 is 17.3 Å². The first-order valence-corrected chi connectivity index (χ1v) is 8.62. The minimum atomic E-state index is 0.188. The topological polar surface area (TPSA) is 100 Å². The van der Waals surface area contributed by atoms with E-state index in [1.165, 1.54) is 0 Å². The van der Waals surface area contributed by atoms with Gasteiger partial charge in [0.25, 0.3) is 0 Å². The van der Waals surface area contributed by atoms with E-state index < -0.39 is 0 Å². The van der Waals surface area contributed by atoms with Crippen LogP contribution in [0.2, 0.25) is 0 Å². The summed E-state index contributed by atoms with van der Waals surface area (Å²) in [5.41, 5.74) is 7.00. The van der Waals surface area contributed by atoms with E-state index in [1.54, 1.807) is 20.5 Å². The Hall–Kier alpha value is -1.68. The highest BCUT2D eigenvalue weighted by Crippen LogP contribution is 2.29. The van der Waals surface area contributed by atoms with Crippen molar-refractivity contribution in [2.75, 3.05) is 95.4 Å². The number of nitrogen functional groups attached to an aromatic ring is 1. The van der Waals surface area contributed by atoms with E-state index in [0.29, 0.717) is 38.5 Å². The summed E-state index contributed by atoms with van der Waals surface area (Å²) in [5, 5.41) is 9.06. The molecule has 9 heteroatoms. The first-order valence-electron chi connectivity index (χ1n) is 8.62. The van der Waals surface area contributed by atoms with Crippen LogP contribution in [0.1, 0.15) is 0 Å². The molecule has 0 aromatic carbocycles. The van der Waals surface area contributed by atoms with Crippen molar-refractivity contribution in [3.05, 3.63) is 6.33 Å². The van der Waals surface area contributed by atoms with Crippen molar-refractivity contribution in [3.63, 3.8) is 0 Å². The lowest BCUT2D eigenvalue weighted by molar-refractivity contribution is 0.188. The Morgan fingerprint density at radius 1 is 1.12 bits per heavy atom. The molecular weight excluding hydrogens is 324 g/mol. The molecule has 1 saturated heterocycles. The molecule has 1 aromatic rings. The maximum atomic E-state index is 9.06. The van der Waals surface area contributed by atoms with E-state index >= 15 is 0 Å². The number of hydrogen-bond acceptors (Lipinski definition) is 9. The van der Waals surface area contributed by atoms with Crippen LogP contribution in [0.25, 0.3) is 0 Å². The summed E-state index contributed by atoms with van der Waals surface area (Å²) in [4.78, 5) is 15.3. The molecule has 0 amide bonds. The van der Waals surface area contributed by atoms with Crippen molar-refractivity contribution in [1.82, 2.24) is 14.9 Å². The standard InChI is InChI=1S/C16H30N6O3/c1-24-11-8-22(9-12-25-2)16-14(17)15(18-13-19-16)21-5-3-20(4-6-21)7-10-23/h13,23H,3-12,17H2,1-2H3. The normalized spacial score (nSPS) is 15.6. The Kier molecular flexibility index (Phi) is 8.13. The molecule has 0 bridgehead atoms. The number of nitrogens with zero attached hydrogens (tertiary/aromatic N) is 5. The lowest BCUT2D eigenvalue weighted by atomic mass is 10.3. The van der Waals surface area contributed by atoms with Crippen LogP contribution in [0, 0.1) is 0 Å². The molecule has 0 unspecified atom stereocenters. The molecule has 0 radical (unpaired) electrons. The van der Waals surface area contributed by atoms with Gasteiger partial charge in [0.1, 0.15) is 12.0 Å². The number of methoxy groups -OCH3 is 2. The van der Waals surface area contributed by atoms with E-state index in [-0.39, 0.29) is 6.61 Å². The predicted octanol–water partition coefficient (Wildman–Crippen LogP) is -0.728. The van der Waals surface area contributed by atoms with Gasteiger partial charge in [0.15, 0.2) is 11.6 Å². The lowest BCUT2D eigenvalue weighted by Crippen LogP contribution is -2.47. The van der Waals surface area contributed by atoms with Crippen LogP contribution < -0.4 is 15.5 Å². The van der Waals surface area contributed by atoms with Crippen LogP contribution in [0.3, 0.4) is 0 Å². The molecule has 142 valence electrons. The SMILES string of the molecule is COCCN(CCOC)c1ncnc(N2CCN(CCO)CC2)c1N. The average molecular weight is 354 g/mol. The largest absolute Gasteiger partial charge is 0.395 e. The Morgan fingerprint density at radius 3 is 2.32 bits per heavy atom.